The van der Waals surface area contributed by atoms with Crippen LogP contribution in [0.1, 0.15) is 21.7 Å². The molecule has 0 spiro atoms. The van der Waals surface area contributed by atoms with Gasteiger partial charge in [-0.2, -0.15) is 5.10 Å². The van der Waals surface area contributed by atoms with Crippen LogP contribution in [-0.2, 0) is 13.0 Å². The molecule has 0 bridgehead atoms. The standard InChI is InChI=1S/C17H16FN5O/c1-19-16-7-10-9-23(6-5-13(10)21-22-16)17(24)15-8-11-12(18)3-2-4-14(11)20-15/h2-4,7-8,20H,5-6,9H2,1H3,(H,19,22). The highest BCUT2D eigenvalue weighted by atomic mass is 19.1. The van der Waals surface area contributed by atoms with Gasteiger partial charge in [-0.3, -0.25) is 4.79 Å². The van der Waals surface area contributed by atoms with Crippen LogP contribution < -0.4 is 5.32 Å². The molecule has 2 N–H and O–H groups in total. The fourth-order valence-electron chi connectivity index (χ4n) is 3.03. The molecule has 3 aromatic rings. The largest absolute Gasteiger partial charge is 0.372 e. The summed E-state index contributed by atoms with van der Waals surface area (Å²) in [5.74, 6) is 0.204. The summed E-state index contributed by atoms with van der Waals surface area (Å²) in [6, 6.07) is 8.26. The number of nitrogens with one attached hydrogen (secondary N) is 2. The predicted octanol–water partition coefficient (Wildman–Crippen LogP) is 2.34. The second-order valence-corrected chi connectivity index (χ2v) is 5.81. The van der Waals surface area contributed by atoms with Crippen molar-refractivity contribution in [3.05, 3.63) is 53.1 Å². The molecule has 122 valence electrons. The number of nitrogens with zero attached hydrogens (tertiary/aromatic N) is 3. The van der Waals surface area contributed by atoms with Gasteiger partial charge in [0, 0.05) is 37.5 Å². The molecule has 24 heavy (non-hydrogen) atoms. The Balaban J connectivity index is 1.63. The normalized spacial score (nSPS) is 13.8. The fourth-order valence-corrected chi connectivity index (χ4v) is 3.03. The molecule has 0 atom stereocenters. The summed E-state index contributed by atoms with van der Waals surface area (Å²) < 4.78 is 13.8. The number of halogens is 1. The van der Waals surface area contributed by atoms with E-state index in [0.717, 1.165) is 11.3 Å². The molecule has 1 aliphatic heterocycles. The van der Waals surface area contributed by atoms with Gasteiger partial charge in [0.15, 0.2) is 0 Å². The lowest BCUT2D eigenvalue weighted by Crippen LogP contribution is -2.36. The molecule has 0 radical (unpaired) electrons. The molecule has 2 aromatic heterocycles. The molecule has 6 nitrogen and oxygen atoms in total. The van der Waals surface area contributed by atoms with E-state index in [1.807, 2.05) is 6.07 Å². The van der Waals surface area contributed by atoms with Crippen LogP contribution in [0.5, 0.6) is 0 Å². The molecule has 0 aliphatic carbocycles. The first-order valence-electron chi connectivity index (χ1n) is 7.75. The Morgan fingerprint density at radius 1 is 1.33 bits per heavy atom. The second-order valence-electron chi connectivity index (χ2n) is 5.81. The van der Waals surface area contributed by atoms with E-state index in [4.69, 9.17) is 0 Å². The predicted molar refractivity (Wildman–Crippen MR) is 88.3 cm³/mol. The summed E-state index contributed by atoms with van der Waals surface area (Å²) in [6.07, 6.45) is 0.659. The van der Waals surface area contributed by atoms with Crippen molar-refractivity contribution in [1.82, 2.24) is 20.1 Å². The maximum Gasteiger partial charge on any atom is 0.270 e. The van der Waals surface area contributed by atoms with Crippen molar-refractivity contribution in [2.75, 3.05) is 18.9 Å². The average molecular weight is 325 g/mol. The molecule has 0 saturated carbocycles. The molecule has 0 unspecified atom stereocenters. The van der Waals surface area contributed by atoms with Crippen LogP contribution in [0.3, 0.4) is 0 Å². The first-order valence-corrected chi connectivity index (χ1v) is 7.75. The Labute approximate surface area is 137 Å². The smallest absolute Gasteiger partial charge is 0.270 e. The zero-order valence-corrected chi connectivity index (χ0v) is 13.1. The van der Waals surface area contributed by atoms with Gasteiger partial charge >= 0.3 is 0 Å². The van der Waals surface area contributed by atoms with Gasteiger partial charge in [-0.1, -0.05) is 6.07 Å². The number of hydrogen-bond acceptors (Lipinski definition) is 4. The number of fused-ring (bicyclic) bond motifs is 2. The van der Waals surface area contributed by atoms with Gasteiger partial charge in [-0.25, -0.2) is 4.39 Å². The van der Waals surface area contributed by atoms with E-state index >= 15 is 0 Å². The lowest BCUT2D eigenvalue weighted by atomic mass is 10.1. The van der Waals surface area contributed by atoms with Crippen molar-refractivity contribution >= 4 is 22.6 Å². The average Bonchev–Trinajstić information content (AvgIpc) is 3.05. The summed E-state index contributed by atoms with van der Waals surface area (Å²) in [4.78, 5) is 17.5. The minimum absolute atomic E-state index is 0.140. The van der Waals surface area contributed by atoms with E-state index in [9.17, 15) is 9.18 Å². The Morgan fingerprint density at radius 2 is 2.21 bits per heavy atom. The molecular formula is C17H16FN5O. The number of H-pyrrole nitrogens is 1. The maximum absolute atomic E-state index is 13.8. The molecule has 3 heterocycles. The Hall–Kier alpha value is -2.96. The second kappa shape index (κ2) is 5.59. The van der Waals surface area contributed by atoms with Gasteiger partial charge in [0.1, 0.15) is 17.3 Å². The quantitative estimate of drug-likeness (QED) is 0.758. The number of benzene rings is 1. The van der Waals surface area contributed by atoms with Crippen LogP contribution in [0.25, 0.3) is 10.9 Å². The summed E-state index contributed by atoms with van der Waals surface area (Å²) in [5.41, 5.74) is 2.92. The monoisotopic (exact) mass is 325 g/mol. The number of anilines is 1. The molecule has 7 heteroatoms. The van der Waals surface area contributed by atoms with Crippen LogP contribution in [0.15, 0.2) is 30.3 Å². The minimum atomic E-state index is -0.333. The lowest BCUT2D eigenvalue weighted by molar-refractivity contribution is 0.0728. The summed E-state index contributed by atoms with van der Waals surface area (Å²) >= 11 is 0. The summed E-state index contributed by atoms with van der Waals surface area (Å²) in [5, 5.41) is 11.6. The molecule has 1 aromatic carbocycles. The first-order chi connectivity index (χ1) is 11.7. The topological polar surface area (TPSA) is 73.9 Å². The van der Waals surface area contributed by atoms with Gasteiger partial charge in [-0.05, 0) is 29.8 Å². The van der Waals surface area contributed by atoms with E-state index in [-0.39, 0.29) is 11.7 Å². The van der Waals surface area contributed by atoms with Crippen LogP contribution >= 0.6 is 0 Å². The number of aromatic nitrogens is 3. The number of amides is 1. The number of hydrogen-bond donors (Lipinski definition) is 2. The highest BCUT2D eigenvalue weighted by Gasteiger charge is 2.24. The third-order valence-corrected chi connectivity index (χ3v) is 4.32. The number of aromatic amines is 1. The summed E-state index contributed by atoms with van der Waals surface area (Å²) in [6.45, 7) is 1.04. The van der Waals surface area contributed by atoms with E-state index in [0.29, 0.717) is 41.9 Å². The van der Waals surface area contributed by atoms with Crippen molar-refractivity contribution in [3.63, 3.8) is 0 Å². The third kappa shape index (κ3) is 2.38. The Bertz CT molecular complexity index is 936. The van der Waals surface area contributed by atoms with Gasteiger partial charge in [0.25, 0.3) is 5.91 Å². The van der Waals surface area contributed by atoms with Crippen molar-refractivity contribution in [2.24, 2.45) is 0 Å². The number of rotatable bonds is 2. The fraction of sp³-hybridized carbons (Fsp3) is 0.235. The Kier molecular flexibility index (Phi) is 3.41. The van der Waals surface area contributed by atoms with Crippen molar-refractivity contribution in [3.8, 4) is 0 Å². The van der Waals surface area contributed by atoms with Gasteiger partial charge < -0.3 is 15.2 Å². The van der Waals surface area contributed by atoms with Crippen molar-refractivity contribution in [2.45, 2.75) is 13.0 Å². The first kappa shape index (κ1) is 14.6. The molecule has 4 rings (SSSR count). The zero-order valence-electron chi connectivity index (χ0n) is 13.1. The highest BCUT2D eigenvalue weighted by molar-refractivity contribution is 5.98. The number of carbonyl (C=O) groups is 1. The zero-order chi connectivity index (χ0) is 16.7. The molecular weight excluding hydrogens is 309 g/mol. The third-order valence-electron chi connectivity index (χ3n) is 4.32. The number of carbonyl (C=O) groups excluding carboxylic acids is 1. The van der Waals surface area contributed by atoms with Crippen LogP contribution in [0, 0.1) is 5.82 Å². The molecule has 0 fully saturated rings. The van der Waals surface area contributed by atoms with E-state index in [2.05, 4.69) is 20.5 Å². The Morgan fingerprint density at radius 3 is 3.00 bits per heavy atom. The van der Waals surface area contributed by atoms with E-state index < -0.39 is 0 Å². The van der Waals surface area contributed by atoms with Gasteiger partial charge in [0.05, 0.1) is 5.69 Å². The van der Waals surface area contributed by atoms with Crippen molar-refractivity contribution < 1.29 is 9.18 Å². The van der Waals surface area contributed by atoms with Crippen LogP contribution in [-0.4, -0.2) is 39.6 Å². The molecule has 1 aliphatic rings. The van der Waals surface area contributed by atoms with Gasteiger partial charge in [0.2, 0.25) is 0 Å². The van der Waals surface area contributed by atoms with Crippen molar-refractivity contribution in [1.29, 1.82) is 0 Å². The van der Waals surface area contributed by atoms with Gasteiger partial charge in [-0.15, -0.1) is 5.10 Å². The maximum atomic E-state index is 13.8. The summed E-state index contributed by atoms with van der Waals surface area (Å²) in [7, 11) is 1.78. The highest BCUT2D eigenvalue weighted by Crippen LogP contribution is 2.23. The lowest BCUT2D eigenvalue weighted by Gasteiger charge is -2.27. The minimum Gasteiger partial charge on any atom is -0.372 e. The van der Waals surface area contributed by atoms with E-state index in [1.165, 1.54) is 6.07 Å². The van der Waals surface area contributed by atoms with Crippen LogP contribution in [0.2, 0.25) is 0 Å². The molecule has 1 amide bonds. The van der Waals surface area contributed by atoms with E-state index in [1.54, 1.807) is 30.1 Å². The van der Waals surface area contributed by atoms with Crippen LogP contribution in [0.4, 0.5) is 10.2 Å². The SMILES string of the molecule is CNc1cc2c(nn1)CCN(C(=O)c1cc3c(F)cccc3[nH]1)C2. The molecule has 0 saturated heterocycles.